The third kappa shape index (κ3) is 8.16. The van der Waals surface area contributed by atoms with Gasteiger partial charge in [-0.1, -0.05) is 20.8 Å². The molecule has 1 unspecified atom stereocenters. The maximum atomic E-state index is 11.7. The molecule has 0 bridgehead atoms. The Bertz CT molecular complexity index is 212. The lowest BCUT2D eigenvalue weighted by atomic mass is 9.84. The van der Waals surface area contributed by atoms with Crippen LogP contribution in [-0.2, 0) is 9.53 Å². The van der Waals surface area contributed by atoms with Crippen molar-refractivity contribution in [2.24, 2.45) is 11.1 Å². The summed E-state index contributed by atoms with van der Waals surface area (Å²) in [4.78, 5) is 11.7. The van der Waals surface area contributed by atoms with Crippen molar-refractivity contribution in [2.45, 2.75) is 53.0 Å². The topological polar surface area (TPSA) is 64.3 Å². The van der Waals surface area contributed by atoms with E-state index >= 15 is 0 Å². The summed E-state index contributed by atoms with van der Waals surface area (Å²) in [5.41, 5.74) is 5.62. The molecule has 0 fully saturated rings. The van der Waals surface area contributed by atoms with Crippen molar-refractivity contribution in [2.75, 3.05) is 19.8 Å². The van der Waals surface area contributed by atoms with Crippen molar-refractivity contribution in [3.8, 4) is 0 Å². The van der Waals surface area contributed by atoms with Crippen LogP contribution in [0.25, 0.3) is 0 Å². The summed E-state index contributed by atoms with van der Waals surface area (Å²) < 4.78 is 5.20. The number of ether oxygens (including phenoxy) is 1. The van der Waals surface area contributed by atoms with Crippen LogP contribution in [0.5, 0.6) is 0 Å². The number of hydrogen-bond donors (Lipinski definition) is 2. The summed E-state index contributed by atoms with van der Waals surface area (Å²) in [5, 5.41) is 3.06. The van der Waals surface area contributed by atoms with Gasteiger partial charge >= 0.3 is 0 Å². The summed E-state index contributed by atoms with van der Waals surface area (Å²) in [5.74, 6) is 0.0954. The first-order chi connectivity index (χ1) is 7.91. The molecule has 0 spiro atoms. The highest BCUT2D eigenvalue weighted by Crippen LogP contribution is 2.21. The Morgan fingerprint density at radius 1 is 1.41 bits per heavy atom. The average Bonchev–Trinajstić information content (AvgIpc) is 2.22. The molecule has 0 aromatic carbocycles. The molecular weight excluding hydrogens is 216 g/mol. The van der Waals surface area contributed by atoms with Gasteiger partial charge in [0.2, 0.25) is 5.91 Å². The Hall–Kier alpha value is -0.610. The first-order valence-corrected chi connectivity index (χ1v) is 6.49. The van der Waals surface area contributed by atoms with Gasteiger partial charge in [-0.05, 0) is 31.7 Å². The summed E-state index contributed by atoms with van der Waals surface area (Å²) in [7, 11) is 0. The molecule has 0 rings (SSSR count). The Morgan fingerprint density at radius 3 is 2.53 bits per heavy atom. The lowest BCUT2D eigenvalue weighted by Crippen LogP contribution is -2.44. The number of amides is 1. The predicted octanol–water partition coefficient (Wildman–Crippen LogP) is 1.68. The van der Waals surface area contributed by atoms with Gasteiger partial charge in [0, 0.05) is 25.7 Å². The van der Waals surface area contributed by atoms with Gasteiger partial charge in [0.25, 0.3) is 0 Å². The van der Waals surface area contributed by atoms with E-state index in [4.69, 9.17) is 10.5 Å². The molecule has 0 saturated heterocycles. The molecule has 0 aromatic rings. The molecule has 0 aromatic heterocycles. The molecule has 4 heteroatoms. The van der Waals surface area contributed by atoms with Crippen molar-refractivity contribution in [3.63, 3.8) is 0 Å². The standard InChI is InChI=1S/C13H28N2O2/c1-5-17-10-6-7-12(16)15-11(8-9-14)13(2,3)4/h11H,5-10,14H2,1-4H3,(H,15,16). The van der Waals surface area contributed by atoms with Crippen LogP contribution < -0.4 is 11.1 Å². The Balaban J connectivity index is 3.96. The zero-order chi connectivity index (χ0) is 13.3. The van der Waals surface area contributed by atoms with Gasteiger partial charge in [0.15, 0.2) is 0 Å². The number of hydrogen-bond acceptors (Lipinski definition) is 3. The van der Waals surface area contributed by atoms with Crippen LogP contribution >= 0.6 is 0 Å². The van der Waals surface area contributed by atoms with Gasteiger partial charge < -0.3 is 15.8 Å². The smallest absolute Gasteiger partial charge is 0.220 e. The van der Waals surface area contributed by atoms with Crippen molar-refractivity contribution < 1.29 is 9.53 Å². The largest absolute Gasteiger partial charge is 0.382 e. The van der Waals surface area contributed by atoms with Crippen LogP contribution in [0.1, 0.15) is 47.0 Å². The van der Waals surface area contributed by atoms with E-state index in [1.54, 1.807) is 0 Å². The Morgan fingerprint density at radius 2 is 2.06 bits per heavy atom. The molecule has 0 saturated carbocycles. The molecule has 3 N–H and O–H groups in total. The van der Waals surface area contributed by atoms with Gasteiger partial charge in [0.1, 0.15) is 0 Å². The van der Waals surface area contributed by atoms with Crippen molar-refractivity contribution in [1.82, 2.24) is 5.32 Å². The number of carbonyl (C=O) groups is 1. The average molecular weight is 244 g/mol. The molecule has 102 valence electrons. The zero-order valence-corrected chi connectivity index (χ0v) is 11.7. The van der Waals surface area contributed by atoms with Crippen molar-refractivity contribution in [1.29, 1.82) is 0 Å². The van der Waals surface area contributed by atoms with Crippen molar-refractivity contribution in [3.05, 3.63) is 0 Å². The number of nitrogens with two attached hydrogens (primary N) is 1. The fraction of sp³-hybridized carbons (Fsp3) is 0.923. The number of carbonyl (C=O) groups excluding carboxylic acids is 1. The first kappa shape index (κ1) is 16.4. The monoisotopic (exact) mass is 244 g/mol. The van der Waals surface area contributed by atoms with Crippen LogP contribution in [0, 0.1) is 5.41 Å². The fourth-order valence-corrected chi connectivity index (χ4v) is 1.63. The van der Waals surface area contributed by atoms with Crippen molar-refractivity contribution >= 4 is 5.91 Å². The van der Waals surface area contributed by atoms with E-state index in [0.29, 0.717) is 26.2 Å². The third-order valence-electron chi connectivity index (χ3n) is 2.73. The summed E-state index contributed by atoms with van der Waals surface area (Å²) in [6.07, 6.45) is 2.12. The molecule has 0 radical (unpaired) electrons. The lowest BCUT2D eigenvalue weighted by Gasteiger charge is -2.31. The normalized spacial score (nSPS) is 13.5. The van der Waals surface area contributed by atoms with Gasteiger partial charge in [-0.2, -0.15) is 0 Å². The van der Waals surface area contributed by atoms with Gasteiger partial charge in [-0.15, -0.1) is 0 Å². The Labute approximate surface area is 105 Å². The van der Waals surface area contributed by atoms with E-state index in [2.05, 4.69) is 26.1 Å². The van der Waals surface area contributed by atoms with E-state index < -0.39 is 0 Å². The minimum Gasteiger partial charge on any atom is -0.382 e. The molecule has 0 aliphatic heterocycles. The second-order valence-electron chi connectivity index (χ2n) is 5.36. The van der Waals surface area contributed by atoms with Crippen LogP contribution in [0.2, 0.25) is 0 Å². The van der Waals surface area contributed by atoms with E-state index in [9.17, 15) is 4.79 Å². The molecule has 0 heterocycles. The molecule has 0 aliphatic rings. The van der Waals surface area contributed by atoms with Gasteiger partial charge in [-0.3, -0.25) is 4.79 Å². The summed E-state index contributed by atoms with van der Waals surface area (Å²) in [6, 6.07) is 0.145. The molecule has 17 heavy (non-hydrogen) atoms. The lowest BCUT2D eigenvalue weighted by molar-refractivity contribution is -0.123. The quantitative estimate of drug-likeness (QED) is 0.639. The third-order valence-corrected chi connectivity index (χ3v) is 2.73. The molecule has 0 aliphatic carbocycles. The highest BCUT2D eigenvalue weighted by atomic mass is 16.5. The molecule has 4 nitrogen and oxygen atoms in total. The van der Waals surface area contributed by atoms with E-state index in [1.165, 1.54) is 0 Å². The second kappa shape index (κ2) is 8.48. The fourth-order valence-electron chi connectivity index (χ4n) is 1.63. The van der Waals surface area contributed by atoms with E-state index in [1.807, 2.05) is 6.92 Å². The Kier molecular flexibility index (Phi) is 8.17. The zero-order valence-electron chi connectivity index (χ0n) is 11.7. The highest BCUT2D eigenvalue weighted by Gasteiger charge is 2.25. The minimum atomic E-state index is 0.0505. The molecule has 1 atom stereocenters. The summed E-state index contributed by atoms with van der Waals surface area (Å²) in [6.45, 7) is 10.3. The molecule has 1 amide bonds. The van der Waals surface area contributed by atoms with Gasteiger partial charge in [-0.25, -0.2) is 0 Å². The summed E-state index contributed by atoms with van der Waals surface area (Å²) >= 11 is 0. The first-order valence-electron chi connectivity index (χ1n) is 6.49. The highest BCUT2D eigenvalue weighted by molar-refractivity contribution is 5.76. The maximum absolute atomic E-state index is 11.7. The number of nitrogens with one attached hydrogen (secondary N) is 1. The van der Waals surface area contributed by atoms with E-state index in [-0.39, 0.29) is 17.4 Å². The maximum Gasteiger partial charge on any atom is 0.220 e. The van der Waals surface area contributed by atoms with E-state index in [0.717, 1.165) is 12.8 Å². The number of rotatable bonds is 8. The van der Waals surface area contributed by atoms with Crippen LogP contribution in [0.4, 0.5) is 0 Å². The van der Waals surface area contributed by atoms with Gasteiger partial charge in [0.05, 0.1) is 0 Å². The van der Waals surface area contributed by atoms with Crippen LogP contribution in [0.3, 0.4) is 0 Å². The SMILES string of the molecule is CCOCCCC(=O)NC(CCN)C(C)(C)C. The molecular formula is C13H28N2O2. The second-order valence-corrected chi connectivity index (χ2v) is 5.36. The minimum absolute atomic E-state index is 0.0505. The predicted molar refractivity (Wildman–Crippen MR) is 70.8 cm³/mol. The van der Waals surface area contributed by atoms with Crippen LogP contribution in [-0.4, -0.2) is 31.7 Å². The van der Waals surface area contributed by atoms with Crippen LogP contribution in [0.15, 0.2) is 0 Å².